The monoisotopic (exact) mass is 983 g/mol. The Morgan fingerprint density at radius 3 is 0.861 bits per heavy atom. The first kappa shape index (κ1) is 66.5. The topological polar surface area (TPSA) is 72.8 Å². The van der Waals surface area contributed by atoms with E-state index < -0.39 is 6.10 Å². The number of aliphatic hydroxyl groups is 1. The lowest BCUT2D eigenvalue weighted by Gasteiger charge is -2.15. The van der Waals surface area contributed by atoms with Crippen molar-refractivity contribution in [1.29, 1.82) is 0 Å². The number of rotatable bonds is 47. The highest BCUT2D eigenvalue weighted by atomic mass is 16.6. The van der Waals surface area contributed by atoms with E-state index in [2.05, 4.69) is 220 Å². The molecule has 0 aliphatic heterocycles. The normalized spacial score (nSPS) is 13.9. The summed E-state index contributed by atoms with van der Waals surface area (Å²) in [6.07, 6.45) is 97.9. The van der Waals surface area contributed by atoms with Crippen LogP contribution in [0.4, 0.5) is 0 Å². The summed E-state index contributed by atoms with van der Waals surface area (Å²) in [5.41, 5.74) is 0. The second kappa shape index (κ2) is 59.8. The highest BCUT2D eigenvalue weighted by molar-refractivity contribution is 5.70. The van der Waals surface area contributed by atoms with E-state index in [9.17, 15) is 14.7 Å². The van der Waals surface area contributed by atoms with Crippen LogP contribution in [0.15, 0.2) is 207 Å². The number of aliphatic hydroxyl groups excluding tert-OH is 1. The first-order valence-electron chi connectivity index (χ1n) is 27.6. The van der Waals surface area contributed by atoms with Crippen LogP contribution in [0.3, 0.4) is 0 Å². The van der Waals surface area contributed by atoms with Crippen molar-refractivity contribution in [2.45, 2.75) is 187 Å². The van der Waals surface area contributed by atoms with Crippen molar-refractivity contribution in [2.75, 3.05) is 13.2 Å². The van der Waals surface area contributed by atoms with Gasteiger partial charge in [-0.25, -0.2) is 0 Å². The number of carbonyl (C=O) groups is 2. The van der Waals surface area contributed by atoms with Crippen LogP contribution in [0.1, 0.15) is 181 Å². The fourth-order valence-electron chi connectivity index (χ4n) is 6.51. The molecule has 0 amide bonds. The molecule has 396 valence electrons. The van der Waals surface area contributed by atoms with E-state index in [1.54, 1.807) is 0 Å². The molecule has 0 aliphatic carbocycles. The maximum atomic E-state index is 12.3. The number of ether oxygens (including phenoxy) is 2. The van der Waals surface area contributed by atoms with Crippen LogP contribution >= 0.6 is 0 Å². The molecule has 0 rings (SSSR count). The molecule has 0 heterocycles. The molecule has 0 fully saturated rings. The molecular weight excluding hydrogens is 885 g/mol. The maximum Gasteiger partial charge on any atom is 0.306 e. The van der Waals surface area contributed by atoms with Gasteiger partial charge in [0.25, 0.3) is 0 Å². The Labute approximate surface area is 440 Å². The third-order valence-corrected chi connectivity index (χ3v) is 10.6. The van der Waals surface area contributed by atoms with Crippen molar-refractivity contribution in [2.24, 2.45) is 0 Å². The summed E-state index contributed by atoms with van der Waals surface area (Å²) in [6, 6.07) is 0. The minimum absolute atomic E-state index is 0.121. The number of carbonyl (C=O) groups excluding carboxylic acids is 2. The van der Waals surface area contributed by atoms with Crippen molar-refractivity contribution in [1.82, 2.24) is 0 Å². The molecule has 0 spiro atoms. The van der Waals surface area contributed by atoms with Gasteiger partial charge < -0.3 is 14.6 Å². The second-order valence-electron chi connectivity index (χ2n) is 17.2. The zero-order valence-electron chi connectivity index (χ0n) is 45.1. The van der Waals surface area contributed by atoms with Gasteiger partial charge in [-0.15, -0.1) is 0 Å². The summed E-state index contributed by atoms with van der Waals surface area (Å²) in [6.45, 7) is 3.81. The van der Waals surface area contributed by atoms with Crippen molar-refractivity contribution in [3.63, 3.8) is 0 Å². The van der Waals surface area contributed by atoms with Crippen molar-refractivity contribution in [3.05, 3.63) is 207 Å². The Morgan fingerprint density at radius 2 is 0.569 bits per heavy atom. The third-order valence-electron chi connectivity index (χ3n) is 10.6. The Morgan fingerprint density at radius 1 is 0.319 bits per heavy atom. The summed E-state index contributed by atoms with van der Waals surface area (Å²) < 4.78 is 10.6. The maximum absolute atomic E-state index is 12.3. The summed E-state index contributed by atoms with van der Waals surface area (Å²) in [7, 11) is 0. The Hall–Kier alpha value is -5.52. The van der Waals surface area contributed by atoms with E-state index in [1.165, 1.54) is 0 Å². The van der Waals surface area contributed by atoms with E-state index in [0.29, 0.717) is 12.8 Å². The molecule has 0 aromatic carbocycles. The SMILES string of the molecule is CC/C=C\C/C=C\C/C=C\C/C=C\C/C=C\C/C=C\C/C=C\C/C=C\C/C=C\C/C=C\C/C=C\C/C=C\CCCCCCC(=O)OC(CO)COC(=O)CCC/C=C\C/C=C\C/C=C\C/C=C\C/C=C\CC. The Bertz CT molecular complexity index is 1780. The number of unbranched alkanes of at least 4 members (excludes halogenated alkanes) is 5. The first-order valence-corrected chi connectivity index (χ1v) is 27.6. The Kier molecular flexibility index (Phi) is 55.2. The predicted molar refractivity (Wildman–Crippen MR) is 315 cm³/mol. The number of esters is 2. The average Bonchev–Trinajstić information content (AvgIpc) is 3.38. The molecule has 72 heavy (non-hydrogen) atoms. The second-order valence-corrected chi connectivity index (χ2v) is 17.2. The summed E-state index contributed by atoms with van der Waals surface area (Å²) in [4.78, 5) is 24.4. The van der Waals surface area contributed by atoms with Gasteiger partial charge in [0.05, 0.1) is 6.61 Å². The minimum atomic E-state index is -0.826. The molecule has 5 heteroatoms. The predicted octanol–water partition coefficient (Wildman–Crippen LogP) is 19.1. The molecule has 1 unspecified atom stereocenters. The van der Waals surface area contributed by atoms with Crippen molar-refractivity contribution < 1.29 is 24.2 Å². The number of hydrogen-bond donors (Lipinski definition) is 1. The van der Waals surface area contributed by atoms with Crippen molar-refractivity contribution in [3.8, 4) is 0 Å². The largest absolute Gasteiger partial charge is 0.462 e. The third kappa shape index (κ3) is 57.1. The van der Waals surface area contributed by atoms with Crippen LogP contribution < -0.4 is 0 Å². The van der Waals surface area contributed by atoms with Crippen LogP contribution in [-0.4, -0.2) is 36.4 Å². The van der Waals surface area contributed by atoms with Gasteiger partial charge in [-0.2, -0.15) is 0 Å². The fourth-order valence-corrected chi connectivity index (χ4v) is 6.51. The average molecular weight is 984 g/mol. The van der Waals surface area contributed by atoms with E-state index in [0.717, 1.165) is 148 Å². The van der Waals surface area contributed by atoms with Crippen LogP contribution in [-0.2, 0) is 19.1 Å². The number of allylic oxidation sites excluding steroid dienone is 34. The summed E-state index contributed by atoms with van der Waals surface area (Å²) >= 11 is 0. The number of hydrogen-bond acceptors (Lipinski definition) is 5. The quantitative estimate of drug-likeness (QED) is 0.0374. The lowest BCUT2D eigenvalue weighted by atomic mass is 10.1. The molecular formula is C67H98O5. The van der Waals surface area contributed by atoms with Gasteiger partial charge in [0, 0.05) is 12.8 Å². The molecule has 0 bridgehead atoms. The summed E-state index contributed by atoms with van der Waals surface area (Å²) in [5, 5.41) is 9.62. The first-order chi connectivity index (χ1) is 35.6. The van der Waals surface area contributed by atoms with Crippen LogP contribution in [0, 0.1) is 0 Å². The van der Waals surface area contributed by atoms with Gasteiger partial charge in [-0.3, -0.25) is 9.59 Å². The van der Waals surface area contributed by atoms with E-state index in [-0.39, 0.29) is 31.6 Å². The molecule has 0 radical (unpaired) electrons. The molecule has 0 aromatic rings. The lowest BCUT2D eigenvalue weighted by Crippen LogP contribution is -2.28. The standard InChI is InChI=1S/C67H98O5/c1-3-5-7-9-11-13-15-17-19-21-22-23-24-25-26-27-28-29-30-31-32-33-34-35-36-37-38-39-40-41-42-43-44-46-48-50-52-54-56-58-60-62-67(70)72-65(63-68)64-71-66(69)61-59-57-55-53-51-49-47-45-20-18-16-14-12-10-8-6-4-2/h5-8,11-14,17-20,22-23,25-26,28-29,31-32,34-35,37-38,40-41,43-44,47-50,53,55,65,68H,3-4,9-10,15-16,21,24,27,30,33,36,39,42,45-46,51-52,54,56-64H2,1-2H3/b7-5-,8-6-,13-11-,14-12-,19-17-,20-18-,23-22-,26-25-,29-28-,32-31-,35-34-,38-37-,41-40-,44-43-,49-47-,50-48-,55-53-. The van der Waals surface area contributed by atoms with Gasteiger partial charge in [-0.1, -0.05) is 233 Å². The zero-order chi connectivity index (χ0) is 52.0. The highest BCUT2D eigenvalue weighted by Crippen LogP contribution is 2.09. The molecule has 0 saturated carbocycles. The van der Waals surface area contributed by atoms with Gasteiger partial charge in [-0.05, 0) is 141 Å². The van der Waals surface area contributed by atoms with Gasteiger partial charge >= 0.3 is 11.9 Å². The van der Waals surface area contributed by atoms with Gasteiger partial charge in [0.15, 0.2) is 6.10 Å². The Balaban J connectivity index is 3.75. The molecule has 0 saturated heterocycles. The van der Waals surface area contributed by atoms with Gasteiger partial charge in [0.1, 0.15) is 6.61 Å². The minimum Gasteiger partial charge on any atom is -0.462 e. The highest BCUT2D eigenvalue weighted by Gasteiger charge is 2.16. The van der Waals surface area contributed by atoms with Crippen LogP contribution in [0.25, 0.3) is 0 Å². The van der Waals surface area contributed by atoms with Crippen molar-refractivity contribution >= 4 is 11.9 Å². The van der Waals surface area contributed by atoms with E-state index in [1.807, 2.05) is 0 Å². The molecule has 0 aromatic heterocycles. The van der Waals surface area contributed by atoms with Crippen LogP contribution in [0.5, 0.6) is 0 Å². The van der Waals surface area contributed by atoms with E-state index >= 15 is 0 Å². The van der Waals surface area contributed by atoms with Gasteiger partial charge in [0.2, 0.25) is 0 Å². The smallest absolute Gasteiger partial charge is 0.306 e. The zero-order valence-corrected chi connectivity index (χ0v) is 45.1. The molecule has 5 nitrogen and oxygen atoms in total. The summed E-state index contributed by atoms with van der Waals surface area (Å²) in [5.74, 6) is -0.709. The molecule has 0 aliphatic rings. The molecule has 1 N–H and O–H groups in total. The molecule has 1 atom stereocenters. The van der Waals surface area contributed by atoms with Crippen LogP contribution in [0.2, 0.25) is 0 Å². The fraction of sp³-hybridized carbons (Fsp3) is 0.463. The van der Waals surface area contributed by atoms with E-state index in [4.69, 9.17) is 9.47 Å². The lowest BCUT2D eigenvalue weighted by molar-refractivity contribution is -0.161.